The molecule has 0 atom stereocenters. The Kier molecular flexibility index (Phi) is 4.50. The fourth-order valence-corrected chi connectivity index (χ4v) is 2.89. The molecule has 3 N–H and O–H groups in total. The summed E-state index contributed by atoms with van der Waals surface area (Å²) in [5.74, 6) is 2.19. The molecule has 2 heterocycles. The lowest BCUT2D eigenvalue weighted by molar-refractivity contribution is 0.416. The van der Waals surface area contributed by atoms with Gasteiger partial charge in [-0.3, -0.25) is 0 Å². The minimum atomic E-state index is 0.581. The van der Waals surface area contributed by atoms with E-state index in [1.807, 2.05) is 25.1 Å². The maximum atomic E-state index is 6.32. The van der Waals surface area contributed by atoms with E-state index in [2.05, 4.69) is 20.2 Å². The van der Waals surface area contributed by atoms with E-state index in [0.29, 0.717) is 11.5 Å². The van der Waals surface area contributed by atoms with Gasteiger partial charge in [0.25, 0.3) is 0 Å². The first-order valence-corrected chi connectivity index (χ1v) is 7.96. The van der Waals surface area contributed by atoms with E-state index in [1.165, 1.54) is 19.3 Å². The van der Waals surface area contributed by atoms with Crippen LogP contribution in [0.1, 0.15) is 24.8 Å². The van der Waals surface area contributed by atoms with Crippen molar-refractivity contribution in [1.29, 1.82) is 0 Å². The molecule has 1 aromatic heterocycles. The Morgan fingerprint density at radius 2 is 1.96 bits per heavy atom. The van der Waals surface area contributed by atoms with E-state index in [1.54, 1.807) is 13.4 Å². The van der Waals surface area contributed by atoms with Gasteiger partial charge in [0.2, 0.25) is 0 Å². The van der Waals surface area contributed by atoms with Crippen molar-refractivity contribution in [2.75, 3.05) is 36.1 Å². The van der Waals surface area contributed by atoms with Crippen LogP contribution in [-0.2, 0) is 0 Å². The molecule has 3 rings (SSSR count). The molecule has 2 aromatic rings. The maximum Gasteiger partial charge on any atom is 0.159 e. The zero-order chi connectivity index (χ0) is 16.2. The van der Waals surface area contributed by atoms with Gasteiger partial charge >= 0.3 is 0 Å². The van der Waals surface area contributed by atoms with Gasteiger partial charge < -0.3 is 20.7 Å². The molecule has 1 aliphatic rings. The van der Waals surface area contributed by atoms with E-state index in [9.17, 15) is 0 Å². The Balaban J connectivity index is 1.90. The summed E-state index contributed by atoms with van der Waals surface area (Å²) in [7, 11) is 1.65. The Labute approximate surface area is 136 Å². The summed E-state index contributed by atoms with van der Waals surface area (Å²) in [6, 6.07) is 5.95. The number of piperidine rings is 1. The summed E-state index contributed by atoms with van der Waals surface area (Å²) < 4.78 is 5.40. The zero-order valence-corrected chi connectivity index (χ0v) is 13.7. The van der Waals surface area contributed by atoms with Gasteiger partial charge in [-0.15, -0.1) is 0 Å². The molecule has 0 unspecified atom stereocenters. The first-order valence-electron chi connectivity index (χ1n) is 7.96. The summed E-state index contributed by atoms with van der Waals surface area (Å²) >= 11 is 0. The second-order valence-electron chi connectivity index (χ2n) is 5.84. The van der Waals surface area contributed by atoms with Gasteiger partial charge in [0, 0.05) is 13.1 Å². The van der Waals surface area contributed by atoms with Gasteiger partial charge in [-0.1, -0.05) is 6.07 Å². The minimum absolute atomic E-state index is 0.581. The monoisotopic (exact) mass is 313 g/mol. The third-order valence-corrected chi connectivity index (χ3v) is 4.13. The normalized spacial score (nSPS) is 14.6. The Hall–Kier alpha value is -2.50. The highest BCUT2D eigenvalue weighted by Crippen LogP contribution is 2.33. The molecule has 0 bridgehead atoms. The van der Waals surface area contributed by atoms with Crippen LogP contribution in [0.3, 0.4) is 0 Å². The molecule has 122 valence electrons. The maximum absolute atomic E-state index is 6.32. The van der Waals surface area contributed by atoms with Crippen molar-refractivity contribution in [2.24, 2.45) is 0 Å². The summed E-state index contributed by atoms with van der Waals surface area (Å²) in [6.45, 7) is 4.02. The van der Waals surface area contributed by atoms with Crippen LogP contribution < -0.4 is 20.7 Å². The predicted molar refractivity (Wildman–Crippen MR) is 93.5 cm³/mol. The van der Waals surface area contributed by atoms with Crippen LogP contribution in [0, 0.1) is 6.92 Å². The molecule has 0 aliphatic carbocycles. The molecule has 0 spiro atoms. The average Bonchev–Trinajstić information content (AvgIpc) is 2.58. The highest BCUT2D eigenvalue weighted by molar-refractivity contribution is 5.79. The smallest absolute Gasteiger partial charge is 0.159 e. The molecule has 6 heteroatoms. The first-order chi connectivity index (χ1) is 11.2. The molecule has 1 aliphatic heterocycles. The number of aryl methyl sites for hydroxylation is 1. The van der Waals surface area contributed by atoms with Crippen LogP contribution in [0.15, 0.2) is 24.5 Å². The zero-order valence-electron chi connectivity index (χ0n) is 13.7. The summed E-state index contributed by atoms with van der Waals surface area (Å²) in [6.07, 6.45) is 5.19. The van der Waals surface area contributed by atoms with Crippen LogP contribution in [0.5, 0.6) is 5.75 Å². The van der Waals surface area contributed by atoms with E-state index in [4.69, 9.17) is 10.5 Å². The van der Waals surface area contributed by atoms with Crippen LogP contribution in [-0.4, -0.2) is 30.2 Å². The van der Waals surface area contributed by atoms with E-state index < -0.39 is 0 Å². The fraction of sp³-hybridized carbons (Fsp3) is 0.412. The van der Waals surface area contributed by atoms with Crippen LogP contribution in [0.2, 0.25) is 0 Å². The second kappa shape index (κ2) is 6.73. The topological polar surface area (TPSA) is 76.3 Å². The van der Waals surface area contributed by atoms with Gasteiger partial charge in [-0.05, 0) is 43.9 Å². The van der Waals surface area contributed by atoms with Crippen molar-refractivity contribution in [3.8, 4) is 5.75 Å². The number of rotatable bonds is 4. The number of anilines is 4. The van der Waals surface area contributed by atoms with Gasteiger partial charge in [0.1, 0.15) is 17.8 Å². The van der Waals surface area contributed by atoms with Crippen LogP contribution >= 0.6 is 0 Å². The predicted octanol–water partition coefficient (Wildman–Crippen LogP) is 3.11. The van der Waals surface area contributed by atoms with Gasteiger partial charge in [-0.25, -0.2) is 9.97 Å². The lowest BCUT2D eigenvalue weighted by atomic mass is 10.1. The van der Waals surface area contributed by atoms with Crippen molar-refractivity contribution in [2.45, 2.75) is 26.2 Å². The molecular formula is C17H23N5O. The molecule has 1 fully saturated rings. The van der Waals surface area contributed by atoms with Crippen LogP contribution in [0.25, 0.3) is 0 Å². The van der Waals surface area contributed by atoms with E-state index >= 15 is 0 Å². The highest BCUT2D eigenvalue weighted by Gasteiger charge is 2.18. The van der Waals surface area contributed by atoms with Crippen LogP contribution in [0.4, 0.5) is 23.0 Å². The lowest BCUT2D eigenvalue weighted by Crippen LogP contribution is -2.31. The quantitative estimate of drug-likeness (QED) is 0.903. The lowest BCUT2D eigenvalue weighted by Gasteiger charge is -2.29. The Morgan fingerprint density at radius 3 is 2.70 bits per heavy atom. The van der Waals surface area contributed by atoms with Crippen molar-refractivity contribution < 1.29 is 4.74 Å². The van der Waals surface area contributed by atoms with Gasteiger partial charge in [-0.2, -0.15) is 0 Å². The standard InChI is InChI=1S/C17H23N5O/c1-12-6-7-14(23-2)13(10-12)21-16-15(18)17(20-11-19-16)22-8-4-3-5-9-22/h6-7,10-11H,3-5,8-9,18H2,1-2H3,(H,19,20,21). The SMILES string of the molecule is COc1ccc(C)cc1Nc1ncnc(N2CCCCC2)c1N. The van der Waals surface area contributed by atoms with Crippen molar-refractivity contribution in [1.82, 2.24) is 9.97 Å². The number of methoxy groups -OCH3 is 1. The van der Waals surface area contributed by atoms with Crippen molar-refractivity contribution in [3.63, 3.8) is 0 Å². The summed E-state index contributed by atoms with van der Waals surface area (Å²) in [4.78, 5) is 10.9. The number of hydrogen-bond donors (Lipinski definition) is 2. The molecule has 0 amide bonds. The number of benzene rings is 1. The highest BCUT2D eigenvalue weighted by atomic mass is 16.5. The first kappa shape index (κ1) is 15.4. The molecule has 6 nitrogen and oxygen atoms in total. The molecule has 1 aromatic carbocycles. The third-order valence-electron chi connectivity index (χ3n) is 4.13. The number of nitrogens with two attached hydrogens (primary N) is 1. The molecular weight excluding hydrogens is 290 g/mol. The van der Waals surface area contributed by atoms with Crippen molar-refractivity contribution in [3.05, 3.63) is 30.1 Å². The fourth-order valence-electron chi connectivity index (χ4n) is 2.89. The molecule has 23 heavy (non-hydrogen) atoms. The number of ether oxygens (including phenoxy) is 1. The number of hydrogen-bond acceptors (Lipinski definition) is 6. The Bertz CT molecular complexity index is 683. The minimum Gasteiger partial charge on any atom is -0.495 e. The second-order valence-corrected chi connectivity index (χ2v) is 5.84. The summed E-state index contributed by atoms with van der Waals surface area (Å²) in [5.41, 5.74) is 8.89. The van der Waals surface area contributed by atoms with Gasteiger partial charge in [0.15, 0.2) is 11.6 Å². The van der Waals surface area contributed by atoms with E-state index in [0.717, 1.165) is 35.9 Å². The number of nitrogens with zero attached hydrogens (tertiary/aromatic N) is 3. The molecule has 1 saturated heterocycles. The Morgan fingerprint density at radius 1 is 1.17 bits per heavy atom. The average molecular weight is 313 g/mol. The number of aromatic nitrogens is 2. The summed E-state index contributed by atoms with van der Waals surface area (Å²) in [5, 5.41) is 3.28. The molecule has 0 radical (unpaired) electrons. The molecule has 0 saturated carbocycles. The van der Waals surface area contributed by atoms with Gasteiger partial charge in [0.05, 0.1) is 12.8 Å². The number of nitrogen functional groups attached to an aromatic ring is 1. The number of nitrogens with one attached hydrogen (secondary N) is 1. The third kappa shape index (κ3) is 3.31. The van der Waals surface area contributed by atoms with Crippen molar-refractivity contribution >= 4 is 23.0 Å². The van der Waals surface area contributed by atoms with E-state index in [-0.39, 0.29) is 0 Å². The largest absolute Gasteiger partial charge is 0.495 e.